The summed E-state index contributed by atoms with van der Waals surface area (Å²) >= 11 is 1.58. The molecule has 1 fully saturated rings. The molecular formula is C25H28N2O4S. The number of β-lactam (4-membered cyclic amide) rings is 1. The number of amides is 1. The van der Waals surface area contributed by atoms with E-state index in [1.165, 1.54) is 10.5 Å². The molecule has 7 heteroatoms. The average Bonchev–Trinajstić information content (AvgIpc) is 3.12. The number of hydrogen-bond acceptors (Lipinski definition) is 6. The Morgan fingerprint density at radius 2 is 1.81 bits per heavy atom. The average molecular weight is 453 g/mol. The highest BCUT2D eigenvalue weighted by Gasteiger charge is 2.56. The first-order valence-corrected chi connectivity index (χ1v) is 11.9. The summed E-state index contributed by atoms with van der Waals surface area (Å²) in [5.41, 5.74) is 2.46. The zero-order valence-electron chi connectivity index (χ0n) is 18.1. The van der Waals surface area contributed by atoms with Crippen molar-refractivity contribution in [3.05, 3.63) is 82.4 Å². The molecule has 6 nitrogen and oxygen atoms in total. The molecule has 4 rings (SSSR count). The van der Waals surface area contributed by atoms with Gasteiger partial charge in [-0.15, -0.1) is 11.8 Å². The maximum absolute atomic E-state index is 12.9. The van der Waals surface area contributed by atoms with E-state index in [-0.39, 0.29) is 18.6 Å². The van der Waals surface area contributed by atoms with Crippen LogP contribution in [0.3, 0.4) is 0 Å². The van der Waals surface area contributed by atoms with Crippen molar-refractivity contribution in [2.24, 2.45) is 5.92 Å². The van der Waals surface area contributed by atoms with Crippen molar-refractivity contribution in [1.29, 1.82) is 0 Å². The second kappa shape index (κ2) is 10.3. The summed E-state index contributed by atoms with van der Waals surface area (Å²) < 4.78 is 5.54. The van der Waals surface area contributed by atoms with Crippen LogP contribution in [0.5, 0.6) is 0 Å². The van der Waals surface area contributed by atoms with Crippen molar-refractivity contribution in [2.75, 3.05) is 12.3 Å². The second-order valence-electron chi connectivity index (χ2n) is 8.09. The van der Waals surface area contributed by atoms with E-state index in [4.69, 9.17) is 4.74 Å². The lowest BCUT2D eigenvalue weighted by atomic mass is 9.83. The molecule has 0 aromatic heterocycles. The van der Waals surface area contributed by atoms with Gasteiger partial charge in [0.05, 0.1) is 18.1 Å². The highest BCUT2D eigenvalue weighted by Crippen LogP contribution is 2.47. The van der Waals surface area contributed by atoms with Gasteiger partial charge in [-0.2, -0.15) is 0 Å². The van der Waals surface area contributed by atoms with Crippen molar-refractivity contribution in [1.82, 2.24) is 10.2 Å². The molecule has 2 aromatic carbocycles. The van der Waals surface area contributed by atoms with Crippen LogP contribution in [0.4, 0.5) is 0 Å². The van der Waals surface area contributed by atoms with E-state index in [0.717, 1.165) is 29.3 Å². The van der Waals surface area contributed by atoms with E-state index in [1.54, 1.807) is 18.7 Å². The van der Waals surface area contributed by atoms with Crippen LogP contribution in [-0.2, 0) is 27.5 Å². The summed E-state index contributed by atoms with van der Waals surface area (Å²) in [5.74, 6) is -0.365. The van der Waals surface area contributed by atoms with Gasteiger partial charge in [-0.1, -0.05) is 60.7 Å². The Morgan fingerprint density at radius 1 is 1.16 bits per heavy atom. The molecular weight excluding hydrogens is 424 g/mol. The second-order valence-corrected chi connectivity index (χ2v) is 9.28. The fraction of sp³-hybridized carbons (Fsp3) is 0.360. The summed E-state index contributed by atoms with van der Waals surface area (Å²) in [6.07, 6.45) is -0.150. The van der Waals surface area contributed by atoms with Gasteiger partial charge in [-0.05, 0) is 18.1 Å². The van der Waals surface area contributed by atoms with Crippen LogP contribution in [0, 0.1) is 5.92 Å². The normalized spacial score (nSPS) is 20.7. The number of carbonyl (C=O) groups excluding carboxylic acids is 2. The molecule has 0 saturated carbocycles. The van der Waals surface area contributed by atoms with Gasteiger partial charge in [-0.3, -0.25) is 4.79 Å². The Morgan fingerprint density at radius 3 is 2.47 bits per heavy atom. The molecule has 2 aliphatic rings. The number of esters is 1. The fourth-order valence-corrected chi connectivity index (χ4v) is 5.32. The lowest BCUT2D eigenvalue weighted by Crippen LogP contribution is -2.61. The fourth-order valence-electron chi connectivity index (χ4n) is 4.22. The van der Waals surface area contributed by atoms with Gasteiger partial charge in [0.1, 0.15) is 12.3 Å². The first kappa shape index (κ1) is 22.6. The highest BCUT2D eigenvalue weighted by molar-refractivity contribution is 8.03. The largest absolute Gasteiger partial charge is 0.456 e. The van der Waals surface area contributed by atoms with Crippen LogP contribution in [-0.4, -0.2) is 46.3 Å². The van der Waals surface area contributed by atoms with Gasteiger partial charge >= 0.3 is 5.97 Å². The number of nitrogens with one attached hydrogen (secondary N) is 1. The number of nitrogens with zero attached hydrogens (tertiary/aromatic N) is 1. The van der Waals surface area contributed by atoms with E-state index in [2.05, 4.69) is 17.4 Å². The minimum absolute atomic E-state index is 0.159. The van der Waals surface area contributed by atoms with Crippen LogP contribution in [0.15, 0.2) is 71.3 Å². The number of benzene rings is 2. The summed E-state index contributed by atoms with van der Waals surface area (Å²) in [6, 6.07) is 19.5. The third kappa shape index (κ3) is 4.90. The van der Waals surface area contributed by atoms with E-state index in [1.807, 2.05) is 48.5 Å². The van der Waals surface area contributed by atoms with Crippen LogP contribution in [0.25, 0.3) is 0 Å². The molecule has 32 heavy (non-hydrogen) atoms. The number of ether oxygens (including phenoxy) is 1. The third-order valence-corrected chi connectivity index (χ3v) is 6.94. The van der Waals surface area contributed by atoms with Gasteiger partial charge in [0.15, 0.2) is 0 Å². The topological polar surface area (TPSA) is 78.9 Å². The molecule has 0 spiro atoms. The van der Waals surface area contributed by atoms with Crippen LogP contribution < -0.4 is 5.32 Å². The molecule has 2 heterocycles. The van der Waals surface area contributed by atoms with E-state index < -0.39 is 18.0 Å². The van der Waals surface area contributed by atoms with Crippen molar-refractivity contribution >= 4 is 23.6 Å². The van der Waals surface area contributed by atoms with Gasteiger partial charge in [0, 0.05) is 30.2 Å². The molecule has 1 saturated heterocycles. The summed E-state index contributed by atoms with van der Waals surface area (Å²) in [4.78, 5) is 28.0. The zero-order chi connectivity index (χ0) is 22.5. The molecule has 168 valence electrons. The number of aliphatic hydroxyl groups is 1. The minimum Gasteiger partial charge on any atom is -0.456 e. The van der Waals surface area contributed by atoms with Gasteiger partial charge in [0.25, 0.3) is 0 Å². The Bertz CT molecular complexity index is 978. The summed E-state index contributed by atoms with van der Waals surface area (Å²) in [6.45, 7) is 3.34. The highest BCUT2D eigenvalue weighted by atomic mass is 32.2. The lowest BCUT2D eigenvalue weighted by Gasteiger charge is -2.44. The smallest absolute Gasteiger partial charge is 0.356 e. The van der Waals surface area contributed by atoms with Crippen molar-refractivity contribution in [3.63, 3.8) is 0 Å². The Hall–Kier alpha value is -2.61. The first-order valence-electron chi connectivity index (χ1n) is 10.9. The number of hydrogen-bond donors (Lipinski definition) is 2. The Kier molecular flexibility index (Phi) is 7.29. The maximum Gasteiger partial charge on any atom is 0.356 e. The van der Waals surface area contributed by atoms with E-state index in [0.29, 0.717) is 12.1 Å². The van der Waals surface area contributed by atoms with Gasteiger partial charge in [0.2, 0.25) is 5.91 Å². The van der Waals surface area contributed by atoms with E-state index >= 15 is 0 Å². The molecule has 0 radical (unpaired) electrons. The predicted molar refractivity (Wildman–Crippen MR) is 124 cm³/mol. The van der Waals surface area contributed by atoms with Crippen molar-refractivity contribution < 1.29 is 19.4 Å². The lowest BCUT2D eigenvalue weighted by molar-refractivity contribution is -0.162. The number of aliphatic hydroxyl groups excluding tert-OH is 1. The standard InChI is InChI=1S/C25H28N2O4S/c1-17(28)22-20-14-21(32-13-12-26-15-18-8-4-2-5-9-18)23(27(20)24(22)29)25(30)31-16-19-10-6-3-7-11-19/h2-11,17,20,22,26,28H,12-16H2,1H3/t17-,20-,22-/m1/s1. The van der Waals surface area contributed by atoms with Gasteiger partial charge in [-0.25, -0.2) is 4.79 Å². The van der Waals surface area contributed by atoms with E-state index in [9.17, 15) is 14.7 Å². The molecule has 2 N–H and O–H groups in total. The molecule has 2 aromatic rings. The third-order valence-electron chi connectivity index (χ3n) is 5.82. The molecule has 2 aliphatic heterocycles. The zero-order valence-corrected chi connectivity index (χ0v) is 18.9. The molecule has 0 bridgehead atoms. The number of fused-ring (bicyclic) bond motifs is 1. The van der Waals surface area contributed by atoms with Crippen LogP contribution in [0.2, 0.25) is 0 Å². The SMILES string of the molecule is C[C@@H](O)[C@H]1C(=O)N2C(C(=O)OCc3ccccc3)=C(SCCNCc3ccccc3)C[C@H]12. The van der Waals surface area contributed by atoms with Gasteiger partial charge < -0.3 is 20.1 Å². The first-order chi connectivity index (χ1) is 15.6. The molecule has 0 unspecified atom stereocenters. The monoisotopic (exact) mass is 452 g/mol. The molecule has 3 atom stereocenters. The molecule has 1 amide bonds. The summed E-state index contributed by atoms with van der Waals surface area (Å²) in [7, 11) is 0. The number of rotatable bonds is 10. The Labute approximate surface area is 192 Å². The van der Waals surface area contributed by atoms with Crippen LogP contribution in [0.1, 0.15) is 24.5 Å². The van der Waals surface area contributed by atoms with Crippen LogP contribution >= 0.6 is 11.8 Å². The minimum atomic E-state index is -0.734. The maximum atomic E-state index is 12.9. The van der Waals surface area contributed by atoms with Crippen molar-refractivity contribution in [2.45, 2.75) is 38.6 Å². The molecule has 0 aliphatic carbocycles. The summed E-state index contributed by atoms with van der Waals surface area (Å²) in [5, 5.41) is 13.4. The van der Waals surface area contributed by atoms with Crippen molar-refractivity contribution in [3.8, 4) is 0 Å². The quantitative estimate of drug-likeness (QED) is 0.328. The predicted octanol–water partition coefficient (Wildman–Crippen LogP) is 3.08. The Balaban J connectivity index is 1.38. The number of carbonyl (C=O) groups is 2. The number of thioether (sulfide) groups is 1.